The molecule has 2 heterocycles. The first-order valence-electron chi connectivity index (χ1n) is 10.3. The summed E-state index contributed by atoms with van der Waals surface area (Å²) < 4.78 is 24.3. The Balaban J connectivity index is 1.60. The summed E-state index contributed by atoms with van der Waals surface area (Å²) in [7, 11) is 1.57. The van der Waals surface area contributed by atoms with Gasteiger partial charge in [-0.05, 0) is 61.4 Å². The molecule has 4 rings (SSSR count). The quantitative estimate of drug-likeness (QED) is 0.707. The first-order valence-corrected chi connectivity index (χ1v) is 10.3. The lowest BCUT2D eigenvalue weighted by atomic mass is 9.94. The van der Waals surface area contributed by atoms with Crippen LogP contribution in [0.3, 0.4) is 0 Å². The average Bonchev–Trinajstić information content (AvgIpc) is 3.06. The Bertz CT molecular complexity index is 892. The van der Waals surface area contributed by atoms with Gasteiger partial charge in [0.15, 0.2) is 6.04 Å². The van der Waals surface area contributed by atoms with Gasteiger partial charge >= 0.3 is 0 Å². The number of halogens is 1. The number of β-lactam (4-membered cyclic amide) rings is 1. The maximum Gasteiger partial charge on any atom is 0.271 e. The van der Waals surface area contributed by atoms with E-state index >= 15 is 0 Å². The van der Waals surface area contributed by atoms with Gasteiger partial charge in [0, 0.05) is 18.8 Å². The standard InChI is InChI=1S/C23H25FN2O4/c1-29-18-12-8-17(9-13-18)26-20(22(27)25-14-4-2-3-5-15-25)21(23(26)28)30-19-10-6-16(24)7-11-19/h6-13,20-21H,2-5,14-15H2,1H3/t20-,21-/m0/s1. The molecule has 0 spiro atoms. The lowest BCUT2D eigenvalue weighted by Crippen LogP contribution is -2.72. The topological polar surface area (TPSA) is 59.1 Å². The summed E-state index contributed by atoms with van der Waals surface area (Å²) in [5.41, 5.74) is 0.618. The summed E-state index contributed by atoms with van der Waals surface area (Å²) in [6, 6.07) is 11.7. The Hall–Kier alpha value is -3.09. The van der Waals surface area contributed by atoms with Crippen molar-refractivity contribution in [3.63, 3.8) is 0 Å². The summed E-state index contributed by atoms with van der Waals surface area (Å²) in [5, 5.41) is 0. The number of rotatable bonds is 5. The van der Waals surface area contributed by atoms with E-state index < -0.39 is 12.1 Å². The number of hydrogen-bond donors (Lipinski definition) is 0. The molecule has 2 amide bonds. The Morgan fingerprint density at radius 2 is 1.53 bits per heavy atom. The third-order valence-corrected chi connectivity index (χ3v) is 5.64. The predicted molar refractivity (Wildman–Crippen MR) is 110 cm³/mol. The van der Waals surface area contributed by atoms with Crippen molar-refractivity contribution in [2.45, 2.75) is 37.8 Å². The number of ether oxygens (including phenoxy) is 2. The maximum absolute atomic E-state index is 13.4. The number of amides is 2. The van der Waals surface area contributed by atoms with Crippen LogP contribution in [0.2, 0.25) is 0 Å². The van der Waals surface area contributed by atoms with Crippen molar-refractivity contribution in [3.05, 3.63) is 54.3 Å². The molecule has 2 fully saturated rings. The number of anilines is 1. The van der Waals surface area contributed by atoms with Gasteiger partial charge < -0.3 is 14.4 Å². The molecular weight excluding hydrogens is 387 g/mol. The molecule has 0 aliphatic carbocycles. The fourth-order valence-corrected chi connectivity index (χ4v) is 3.99. The van der Waals surface area contributed by atoms with E-state index in [1.54, 1.807) is 31.4 Å². The second kappa shape index (κ2) is 8.73. The van der Waals surface area contributed by atoms with Crippen molar-refractivity contribution in [2.75, 3.05) is 25.1 Å². The molecule has 0 radical (unpaired) electrons. The van der Waals surface area contributed by atoms with Gasteiger partial charge in [0.1, 0.15) is 17.3 Å². The Labute approximate surface area is 175 Å². The van der Waals surface area contributed by atoms with Crippen LogP contribution in [0.15, 0.2) is 48.5 Å². The highest BCUT2D eigenvalue weighted by Gasteiger charge is 2.55. The number of methoxy groups -OCH3 is 1. The van der Waals surface area contributed by atoms with Gasteiger partial charge in [-0.3, -0.25) is 14.5 Å². The van der Waals surface area contributed by atoms with Crippen molar-refractivity contribution in [2.24, 2.45) is 0 Å². The highest BCUT2D eigenvalue weighted by Crippen LogP contribution is 2.34. The molecule has 0 aromatic heterocycles. The molecule has 158 valence electrons. The number of carbonyl (C=O) groups excluding carboxylic acids is 2. The zero-order valence-corrected chi connectivity index (χ0v) is 16.9. The van der Waals surface area contributed by atoms with E-state index in [0.29, 0.717) is 30.3 Å². The first-order chi connectivity index (χ1) is 14.6. The minimum Gasteiger partial charge on any atom is -0.497 e. The van der Waals surface area contributed by atoms with Gasteiger partial charge in [-0.15, -0.1) is 0 Å². The number of carbonyl (C=O) groups is 2. The first kappa shape index (κ1) is 20.2. The fraction of sp³-hybridized carbons (Fsp3) is 0.391. The van der Waals surface area contributed by atoms with Crippen LogP contribution in [0.1, 0.15) is 25.7 Å². The predicted octanol–water partition coefficient (Wildman–Crippen LogP) is 3.40. The molecule has 0 bridgehead atoms. The second-order valence-electron chi connectivity index (χ2n) is 7.58. The third-order valence-electron chi connectivity index (χ3n) is 5.64. The molecular formula is C23H25FN2O4. The van der Waals surface area contributed by atoms with E-state index in [0.717, 1.165) is 25.7 Å². The van der Waals surface area contributed by atoms with Gasteiger partial charge in [-0.1, -0.05) is 12.8 Å². The van der Waals surface area contributed by atoms with E-state index in [9.17, 15) is 14.0 Å². The molecule has 2 saturated heterocycles. The number of benzene rings is 2. The minimum atomic E-state index is -0.937. The summed E-state index contributed by atoms with van der Waals surface area (Å²) in [4.78, 5) is 29.7. The smallest absolute Gasteiger partial charge is 0.271 e. The van der Waals surface area contributed by atoms with E-state index in [-0.39, 0.29) is 17.6 Å². The summed E-state index contributed by atoms with van der Waals surface area (Å²) >= 11 is 0. The molecule has 0 saturated carbocycles. The van der Waals surface area contributed by atoms with Crippen molar-refractivity contribution in [1.29, 1.82) is 0 Å². The Morgan fingerprint density at radius 3 is 2.13 bits per heavy atom. The summed E-state index contributed by atoms with van der Waals surface area (Å²) in [5.74, 6) is 0.232. The van der Waals surface area contributed by atoms with Crippen LogP contribution in [0, 0.1) is 5.82 Å². The van der Waals surface area contributed by atoms with Crippen LogP contribution >= 0.6 is 0 Å². The lowest BCUT2D eigenvalue weighted by Gasteiger charge is -2.46. The molecule has 0 N–H and O–H groups in total. The fourth-order valence-electron chi connectivity index (χ4n) is 3.99. The Kier molecular flexibility index (Phi) is 5.88. The highest BCUT2D eigenvalue weighted by molar-refractivity contribution is 6.13. The van der Waals surface area contributed by atoms with Crippen LogP contribution in [-0.4, -0.2) is 49.1 Å². The molecule has 0 unspecified atom stereocenters. The van der Waals surface area contributed by atoms with Crippen LogP contribution in [0.4, 0.5) is 10.1 Å². The van der Waals surface area contributed by atoms with E-state index in [1.165, 1.54) is 29.2 Å². The van der Waals surface area contributed by atoms with Gasteiger partial charge in [-0.25, -0.2) is 4.39 Å². The van der Waals surface area contributed by atoms with Crippen molar-refractivity contribution in [3.8, 4) is 11.5 Å². The summed E-state index contributed by atoms with van der Waals surface area (Å²) in [6.07, 6.45) is 3.18. The number of likely N-dealkylation sites (tertiary alicyclic amines) is 1. The van der Waals surface area contributed by atoms with Crippen LogP contribution < -0.4 is 14.4 Å². The lowest BCUT2D eigenvalue weighted by molar-refractivity contribution is -0.148. The van der Waals surface area contributed by atoms with Crippen molar-refractivity contribution < 1.29 is 23.5 Å². The Morgan fingerprint density at radius 1 is 0.933 bits per heavy atom. The van der Waals surface area contributed by atoms with E-state index in [2.05, 4.69) is 0 Å². The maximum atomic E-state index is 13.4. The third kappa shape index (κ3) is 3.97. The van der Waals surface area contributed by atoms with E-state index in [1.807, 2.05) is 4.90 Å². The van der Waals surface area contributed by atoms with Crippen molar-refractivity contribution >= 4 is 17.5 Å². The number of hydrogen-bond acceptors (Lipinski definition) is 4. The zero-order valence-electron chi connectivity index (χ0n) is 16.9. The molecule has 2 aliphatic heterocycles. The van der Waals surface area contributed by atoms with Crippen LogP contribution in [0.5, 0.6) is 11.5 Å². The van der Waals surface area contributed by atoms with Gasteiger partial charge in [-0.2, -0.15) is 0 Å². The van der Waals surface area contributed by atoms with Crippen LogP contribution in [0.25, 0.3) is 0 Å². The zero-order chi connectivity index (χ0) is 21.1. The number of nitrogens with zero attached hydrogens (tertiary/aromatic N) is 2. The largest absolute Gasteiger partial charge is 0.497 e. The van der Waals surface area contributed by atoms with Gasteiger partial charge in [0.05, 0.1) is 7.11 Å². The SMILES string of the molecule is COc1ccc(N2C(=O)[C@@H](Oc3ccc(F)cc3)[C@H]2C(=O)N2CCCCCC2)cc1. The molecule has 2 atom stereocenters. The minimum absolute atomic E-state index is 0.112. The summed E-state index contributed by atoms with van der Waals surface area (Å²) in [6.45, 7) is 1.37. The van der Waals surface area contributed by atoms with Crippen LogP contribution in [-0.2, 0) is 9.59 Å². The van der Waals surface area contributed by atoms with Gasteiger partial charge in [0.25, 0.3) is 5.91 Å². The average molecular weight is 412 g/mol. The molecule has 7 heteroatoms. The highest BCUT2D eigenvalue weighted by atomic mass is 19.1. The van der Waals surface area contributed by atoms with Crippen molar-refractivity contribution in [1.82, 2.24) is 4.90 Å². The molecule has 6 nitrogen and oxygen atoms in total. The monoisotopic (exact) mass is 412 g/mol. The van der Waals surface area contributed by atoms with E-state index in [4.69, 9.17) is 9.47 Å². The second-order valence-corrected chi connectivity index (χ2v) is 7.58. The molecule has 2 aromatic carbocycles. The molecule has 2 aliphatic rings. The molecule has 30 heavy (non-hydrogen) atoms. The van der Waals surface area contributed by atoms with Gasteiger partial charge in [0.2, 0.25) is 12.0 Å². The molecule has 2 aromatic rings. The normalized spacial score (nSPS) is 21.6.